The third-order valence-corrected chi connectivity index (χ3v) is 3.11. The minimum atomic E-state index is -0.309. The number of hydrazine groups is 1. The largest absolute Gasteiger partial charge is 0.288 e. The Morgan fingerprint density at radius 1 is 1.20 bits per heavy atom. The van der Waals surface area contributed by atoms with Crippen molar-refractivity contribution in [2.75, 3.05) is 0 Å². The fraction of sp³-hybridized carbons (Fsp3) is 0.917. The first-order valence-corrected chi connectivity index (χ1v) is 5.92. The first kappa shape index (κ1) is 12.5. The summed E-state index contributed by atoms with van der Waals surface area (Å²) in [5, 5.41) is 2.12. The lowest BCUT2D eigenvalue weighted by Crippen LogP contribution is -2.56. The van der Waals surface area contributed by atoms with Gasteiger partial charge >= 0.3 is 0 Å². The Bertz CT molecular complexity index is 222. The second-order valence-corrected chi connectivity index (χ2v) is 5.73. The molecular formula is C12H24N2O. The van der Waals surface area contributed by atoms with Gasteiger partial charge in [0.1, 0.15) is 0 Å². The topological polar surface area (TPSA) is 32.3 Å². The van der Waals surface area contributed by atoms with Crippen LogP contribution >= 0.6 is 0 Å². The third kappa shape index (κ3) is 3.20. The minimum Gasteiger partial charge on any atom is -0.288 e. The lowest BCUT2D eigenvalue weighted by atomic mass is 9.95. The van der Waals surface area contributed by atoms with Gasteiger partial charge in [0.05, 0.1) is 0 Å². The van der Waals surface area contributed by atoms with Gasteiger partial charge in [0.15, 0.2) is 0 Å². The fourth-order valence-electron chi connectivity index (χ4n) is 1.93. The molecule has 0 aliphatic carbocycles. The number of hydrogen-bond acceptors (Lipinski definition) is 2. The molecule has 1 fully saturated rings. The number of hydrogen-bond donors (Lipinski definition) is 1. The Morgan fingerprint density at radius 2 is 1.67 bits per heavy atom. The van der Waals surface area contributed by atoms with Crippen LogP contribution in [0.15, 0.2) is 0 Å². The lowest BCUT2D eigenvalue weighted by molar-refractivity contribution is -0.137. The summed E-state index contributed by atoms with van der Waals surface area (Å²) in [6.45, 7) is 10.2. The Hall–Kier alpha value is -0.570. The van der Waals surface area contributed by atoms with Gasteiger partial charge in [0.2, 0.25) is 5.91 Å². The maximum absolute atomic E-state index is 11.9. The summed E-state index contributed by atoms with van der Waals surface area (Å²) >= 11 is 0. The van der Waals surface area contributed by atoms with Crippen LogP contribution in [0.1, 0.15) is 53.9 Å². The molecule has 2 atom stereocenters. The molecule has 1 aliphatic rings. The molecular weight excluding hydrogens is 188 g/mol. The van der Waals surface area contributed by atoms with Gasteiger partial charge in [0.25, 0.3) is 0 Å². The van der Waals surface area contributed by atoms with Gasteiger partial charge in [-0.25, -0.2) is 5.01 Å². The predicted molar refractivity (Wildman–Crippen MR) is 62.2 cm³/mol. The van der Waals surface area contributed by atoms with E-state index in [-0.39, 0.29) is 11.3 Å². The highest BCUT2D eigenvalue weighted by Gasteiger charge is 2.29. The molecule has 0 aromatic carbocycles. The van der Waals surface area contributed by atoms with Gasteiger partial charge in [-0.05, 0) is 26.7 Å². The van der Waals surface area contributed by atoms with Crippen LogP contribution in [-0.4, -0.2) is 23.0 Å². The highest BCUT2D eigenvalue weighted by atomic mass is 16.2. The number of nitrogens with zero attached hydrogens (tertiary/aromatic N) is 1. The highest BCUT2D eigenvalue weighted by Crippen LogP contribution is 2.21. The molecule has 2 unspecified atom stereocenters. The normalized spacial score (nSPS) is 28.9. The third-order valence-electron chi connectivity index (χ3n) is 3.11. The monoisotopic (exact) mass is 212 g/mol. The van der Waals surface area contributed by atoms with E-state index < -0.39 is 0 Å². The summed E-state index contributed by atoms with van der Waals surface area (Å²) in [5.41, 5.74) is 2.74. The summed E-state index contributed by atoms with van der Waals surface area (Å²) < 4.78 is 0. The summed E-state index contributed by atoms with van der Waals surface area (Å²) in [6.07, 6.45) is 3.62. The zero-order chi connectivity index (χ0) is 11.6. The first-order chi connectivity index (χ1) is 6.82. The molecule has 15 heavy (non-hydrogen) atoms. The molecule has 3 nitrogen and oxygen atoms in total. The van der Waals surface area contributed by atoms with E-state index in [2.05, 4.69) is 24.3 Å². The molecule has 0 aromatic heterocycles. The van der Waals surface area contributed by atoms with Crippen molar-refractivity contribution in [3.05, 3.63) is 0 Å². The van der Waals surface area contributed by atoms with Gasteiger partial charge in [-0.2, -0.15) is 0 Å². The van der Waals surface area contributed by atoms with Crippen LogP contribution in [-0.2, 0) is 4.79 Å². The zero-order valence-corrected chi connectivity index (χ0v) is 10.6. The average Bonchev–Trinajstić information content (AvgIpc) is 2.09. The maximum Gasteiger partial charge on any atom is 0.239 e. The van der Waals surface area contributed by atoms with Crippen molar-refractivity contribution in [2.24, 2.45) is 5.41 Å². The van der Waals surface area contributed by atoms with Crippen LogP contribution in [0.3, 0.4) is 0 Å². The molecule has 0 saturated carbocycles. The second kappa shape index (κ2) is 4.52. The van der Waals surface area contributed by atoms with E-state index in [1.807, 2.05) is 20.8 Å². The van der Waals surface area contributed by atoms with Crippen LogP contribution in [0.4, 0.5) is 0 Å². The van der Waals surface area contributed by atoms with E-state index in [0.717, 1.165) is 0 Å². The number of nitrogens with one attached hydrogen (secondary N) is 1. The van der Waals surface area contributed by atoms with Crippen molar-refractivity contribution in [1.29, 1.82) is 0 Å². The average molecular weight is 212 g/mol. The molecule has 0 spiro atoms. The molecule has 3 heteroatoms. The minimum absolute atomic E-state index is 0.114. The van der Waals surface area contributed by atoms with Gasteiger partial charge in [-0.3, -0.25) is 10.2 Å². The van der Waals surface area contributed by atoms with E-state index in [1.165, 1.54) is 19.3 Å². The van der Waals surface area contributed by atoms with Crippen LogP contribution in [0.25, 0.3) is 0 Å². The van der Waals surface area contributed by atoms with Gasteiger partial charge in [-0.15, -0.1) is 0 Å². The van der Waals surface area contributed by atoms with Crippen LogP contribution < -0.4 is 5.43 Å². The van der Waals surface area contributed by atoms with Crippen LogP contribution in [0, 0.1) is 5.41 Å². The predicted octanol–water partition coefficient (Wildman–Crippen LogP) is 2.33. The molecule has 1 heterocycles. The lowest BCUT2D eigenvalue weighted by Gasteiger charge is -2.40. The number of rotatable bonds is 1. The van der Waals surface area contributed by atoms with E-state index in [4.69, 9.17) is 0 Å². The smallest absolute Gasteiger partial charge is 0.239 e. The Morgan fingerprint density at radius 3 is 2.07 bits per heavy atom. The molecule has 0 radical (unpaired) electrons. The number of carbonyl (C=O) groups is 1. The second-order valence-electron chi connectivity index (χ2n) is 5.73. The van der Waals surface area contributed by atoms with Crippen molar-refractivity contribution in [3.63, 3.8) is 0 Å². The summed E-state index contributed by atoms with van der Waals surface area (Å²) in [6, 6.07) is 0.917. The van der Waals surface area contributed by atoms with Gasteiger partial charge in [-0.1, -0.05) is 27.2 Å². The summed E-state index contributed by atoms with van der Waals surface area (Å²) in [5.74, 6) is 0.114. The highest BCUT2D eigenvalue weighted by molar-refractivity contribution is 5.80. The zero-order valence-electron chi connectivity index (χ0n) is 10.6. The van der Waals surface area contributed by atoms with E-state index in [9.17, 15) is 4.79 Å². The summed E-state index contributed by atoms with van der Waals surface area (Å²) in [7, 11) is 0. The van der Waals surface area contributed by atoms with Gasteiger partial charge in [0, 0.05) is 17.5 Å². The molecule has 1 amide bonds. The molecule has 0 aromatic rings. The fourth-order valence-corrected chi connectivity index (χ4v) is 1.93. The molecule has 88 valence electrons. The van der Waals surface area contributed by atoms with Crippen molar-refractivity contribution >= 4 is 5.91 Å². The number of piperidine rings is 1. The molecule has 1 aliphatic heterocycles. The maximum atomic E-state index is 11.9. The Labute approximate surface area is 93.2 Å². The van der Waals surface area contributed by atoms with E-state index in [1.54, 1.807) is 0 Å². The first-order valence-electron chi connectivity index (χ1n) is 5.92. The SMILES string of the molecule is CC1CCCC(C)N1NC(=O)C(C)(C)C. The van der Waals surface area contributed by atoms with Crippen LogP contribution in [0.5, 0.6) is 0 Å². The Kier molecular flexibility index (Phi) is 3.77. The van der Waals surface area contributed by atoms with E-state index in [0.29, 0.717) is 12.1 Å². The van der Waals surface area contributed by atoms with Crippen LogP contribution in [0.2, 0.25) is 0 Å². The molecule has 1 rings (SSSR count). The molecule has 1 N–H and O–H groups in total. The number of amides is 1. The standard InChI is InChI=1S/C12H24N2O/c1-9-7-6-8-10(2)14(9)13-11(15)12(3,4)5/h9-10H,6-8H2,1-5H3,(H,13,15). The molecule has 0 bridgehead atoms. The van der Waals surface area contributed by atoms with Crippen molar-refractivity contribution in [3.8, 4) is 0 Å². The quantitative estimate of drug-likeness (QED) is 0.723. The number of carbonyl (C=O) groups excluding carboxylic acids is 1. The summed E-state index contributed by atoms with van der Waals surface area (Å²) in [4.78, 5) is 11.9. The Balaban J connectivity index is 2.59. The van der Waals surface area contributed by atoms with Crippen molar-refractivity contribution in [2.45, 2.75) is 66.0 Å². The van der Waals surface area contributed by atoms with Crippen molar-refractivity contribution < 1.29 is 4.79 Å². The van der Waals surface area contributed by atoms with E-state index >= 15 is 0 Å². The van der Waals surface area contributed by atoms with Gasteiger partial charge < -0.3 is 0 Å². The molecule has 1 saturated heterocycles. The van der Waals surface area contributed by atoms with Crippen molar-refractivity contribution in [1.82, 2.24) is 10.4 Å².